The third-order valence-electron chi connectivity index (χ3n) is 5.72. The second kappa shape index (κ2) is 8.05. The van der Waals surface area contributed by atoms with Crippen molar-refractivity contribution in [2.45, 2.75) is 26.4 Å². The van der Waals surface area contributed by atoms with E-state index < -0.39 is 5.97 Å². The van der Waals surface area contributed by atoms with Crippen LogP contribution in [0, 0.1) is 6.92 Å². The van der Waals surface area contributed by atoms with Crippen molar-refractivity contribution in [3.8, 4) is 11.1 Å². The lowest BCUT2D eigenvalue weighted by Gasteiger charge is -2.24. The summed E-state index contributed by atoms with van der Waals surface area (Å²) < 4.78 is 0. The molecule has 29 heavy (non-hydrogen) atoms. The average molecular weight is 387 g/mol. The van der Waals surface area contributed by atoms with Gasteiger partial charge in [0, 0.05) is 19.3 Å². The van der Waals surface area contributed by atoms with Gasteiger partial charge in [0.2, 0.25) is 0 Å². The lowest BCUT2D eigenvalue weighted by Crippen LogP contribution is -2.27. The summed E-state index contributed by atoms with van der Waals surface area (Å²) >= 11 is 0. The van der Waals surface area contributed by atoms with Crippen molar-refractivity contribution in [2.24, 2.45) is 0 Å². The molecular formula is C24H25N3O2. The summed E-state index contributed by atoms with van der Waals surface area (Å²) in [7, 11) is 0. The molecule has 1 atom stereocenters. The highest BCUT2D eigenvalue weighted by molar-refractivity contribution is 5.93. The number of benzene rings is 2. The summed E-state index contributed by atoms with van der Waals surface area (Å²) in [5.41, 5.74) is 7.22. The van der Waals surface area contributed by atoms with E-state index in [-0.39, 0.29) is 11.6 Å². The maximum Gasteiger partial charge on any atom is 0.337 e. The van der Waals surface area contributed by atoms with E-state index >= 15 is 0 Å². The van der Waals surface area contributed by atoms with Crippen LogP contribution in [0.3, 0.4) is 0 Å². The molecule has 0 fully saturated rings. The van der Waals surface area contributed by atoms with Crippen LogP contribution >= 0.6 is 0 Å². The van der Waals surface area contributed by atoms with Gasteiger partial charge in [-0.15, -0.1) is 0 Å². The first-order valence-electron chi connectivity index (χ1n) is 9.92. The number of aryl methyl sites for hydroxylation is 1. The van der Waals surface area contributed by atoms with Gasteiger partial charge in [-0.05, 0) is 53.4 Å². The Hall–Kier alpha value is -3.18. The molecule has 1 aliphatic heterocycles. The largest absolute Gasteiger partial charge is 0.478 e. The smallest absolute Gasteiger partial charge is 0.337 e. The summed E-state index contributed by atoms with van der Waals surface area (Å²) in [5, 5.41) is 12.7. The van der Waals surface area contributed by atoms with Crippen LogP contribution in [0.25, 0.3) is 11.1 Å². The number of anilines is 1. The van der Waals surface area contributed by atoms with E-state index in [0.29, 0.717) is 12.2 Å². The molecule has 3 aromatic rings. The lowest BCUT2D eigenvalue weighted by molar-refractivity contribution is 0.0697. The van der Waals surface area contributed by atoms with Gasteiger partial charge in [0.25, 0.3) is 0 Å². The fraction of sp³-hybridized carbons (Fsp3) is 0.250. The van der Waals surface area contributed by atoms with Crippen LogP contribution in [0.1, 0.15) is 40.0 Å². The first-order chi connectivity index (χ1) is 14.1. The zero-order chi connectivity index (χ0) is 20.4. The molecule has 2 aromatic carbocycles. The number of likely N-dealkylation sites (N-methyl/N-ethyl adjacent to an activating group) is 1. The first-order valence-corrected chi connectivity index (χ1v) is 9.92. The molecule has 148 valence electrons. The molecule has 1 aliphatic rings. The number of aromatic carboxylic acids is 1. The molecule has 0 radical (unpaired) electrons. The Morgan fingerprint density at radius 2 is 2.07 bits per heavy atom. The zero-order valence-corrected chi connectivity index (χ0v) is 16.7. The SMILES string of the molecule is CCN1Cc2cc(-c3ccccc3C)ccc2[C@H]1CNc1cnccc1C(=O)O. The highest BCUT2D eigenvalue weighted by Crippen LogP contribution is 2.36. The molecule has 5 heteroatoms. The number of hydrogen-bond acceptors (Lipinski definition) is 4. The Morgan fingerprint density at radius 1 is 1.24 bits per heavy atom. The third kappa shape index (κ3) is 3.74. The van der Waals surface area contributed by atoms with Crippen molar-refractivity contribution >= 4 is 11.7 Å². The van der Waals surface area contributed by atoms with Gasteiger partial charge in [0.15, 0.2) is 0 Å². The summed E-state index contributed by atoms with van der Waals surface area (Å²) in [6.45, 7) is 6.77. The average Bonchev–Trinajstić information content (AvgIpc) is 3.09. The highest BCUT2D eigenvalue weighted by Gasteiger charge is 2.29. The molecule has 1 aromatic heterocycles. The number of nitrogens with zero attached hydrogens (tertiary/aromatic N) is 2. The molecule has 0 saturated heterocycles. The Labute approximate surface area is 171 Å². The van der Waals surface area contributed by atoms with Crippen LogP contribution in [-0.2, 0) is 6.54 Å². The van der Waals surface area contributed by atoms with Crippen molar-refractivity contribution in [1.82, 2.24) is 9.88 Å². The van der Waals surface area contributed by atoms with E-state index in [9.17, 15) is 9.90 Å². The Bertz CT molecular complexity index is 1050. The van der Waals surface area contributed by atoms with Crippen molar-refractivity contribution in [1.29, 1.82) is 0 Å². The molecule has 2 heterocycles. The van der Waals surface area contributed by atoms with Crippen LogP contribution in [0.4, 0.5) is 5.69 Å². The van der Waals surface area contributed by atoms with Crippen molar-refractivity contribution < 1.29 is 9.90 Å². The summed E-state index contributed by atoms with van der Waals surface area (Å²) in [6.07, 6.45) is 3.09. The van der Waals surface area contributed by atoms with Gasteiger partial charge in [-0.1, -0.05) is 43.3 Å². The van der Waals surface area contributed by atoms with Gasteiger partial charge in [0.05, 0.1) is 23.5 Å². The lowest BCUT2D eigenvalue weighted by atomic mass is 9.95. The topological polar surface area (TPSA) is 65.5 Å². The van der Waals surface area contributed by atoms with Gasteiger partial charge < -0.3 is 10.4 Å². The Balaban J connectivity index is 1.60. The van der Waals surface area contributed by atoms with Gasteiger partial charge >= 0.3 is 5.97 Å². The van der Waals surface area contributed by atoms with Crippen LogP contribution < -0.4 is 5.32 Å². The van der Waals surface area contributed by atoms with E-state index in [1.54, 1.807) is 6.20 Å². The normalized spacial score (nSPS) is 15.9. The highest BCUT2D eigenvalue weighted by atomic mass is 16.4. The fourth-order valence-corrected chi connectivity index (χ4v) is 4.16. The van der Waals surface area contributed by atoms with Crippen LogP contribution in [0.2, 0.25) is 0 Å². The van der Waals surface area contributed by atoms with Gasteiger partial charge in [-0.25, -0.2) is 4.79 Å². The minimum absolute atomic E-state index is 0.197. The van der Waals surface area contributed by atoms with Crippen molar-refractivity contribution in [2.75, 3.05) is 18.4 Å². The number of carboxylic acid groups (broad SMARTS) is 1. The molecule has 0 amide bonds. The maximum absolute atomic E-state index is 11.5. The van der Waals surface area contributed by atoms with E-state index in [2.05, 4.69) is 71.5 Å². The quantitative estimate of drug-likeness (QED) is 0.639. The van der Waals surface area contributed by atoms with E-state index in [4.69, 9.17) is 0 Å². The zero-order valence-electron chi connectivity index (χ0n) is 16.7. The third-order valence-corrected chi connectivity index (χ3v) is 5.72. The van der Waals surface area contributed by atoms with Crippen molar-refractivity contribution in [3.05, 3.63) is 83.2 Å². The number of pyridine rings is 1. The number of fused-ring (bicyclic) bond motifs is 1. The van der Waals surface area contributed by atoms with Crippen LogP contribution in [0.15, 0.2) is 60.9 Å². The minimum Gasteiger partial charge on any atom is -0.478 e. The minimum atomic E-state index is -0.947. The van der Waals surface area contributed by atoms with Gasteiger partial charge in [-0.3, -0.25) is 9.88 Å². The molecule has 0 unspecified atom stereocenters. The summed E-state index contributed by atoms with van der Waals surface area (Å²) in [6, 6.07) is 16.9. The van der Waals surface area contributed by atoms with Gasteiger partial charge in [0.1, 0.15) is 0 Å². The van der Waals surface area contributed by atoms with Crippen molar-refractivity contribution in [3.63, 3.8) is 0 Å². The molecule has 2 N–H and O–H groups in total. The molecule has 4 rings (SSSR count). The molecule has 0 saturated carbocycles. The van der Waals surface area contributed by atoms with E-state index in [1.807, 2.05) is 0 Å². The number of carboxylic acids is 1. The number of rotatable bonds is 6. The van der Waals surface area contributed by atoms with E-state index in [0.717, 1.165) is 13.1 Å². The number of hydrogen-bond donors (Lipinski definition) is 2. The maximum atomic E-state index is 11.5. The number of carbonyl (C=O) groups is 1. The number of nitrogens with one attached hydrogen (secondary N) is 1. The van der Waals surface area contributed by atoms with Crippen LogP contribution in [-0.4, -0.2) is 34.0 Å². The second-order valence-corrected chi connectivity index (χ2v) is 7.41. The number of aromatic nitrogens is 1. The molecule has 5 nitrogen and oxygen atoms in total. The molecular weight excluding hydrogens is 362 g/mol. The predicted molar refractivity (Wildman–Crippen MR) is 115 cm³/mol. The molecule has 0 spiro atoms. The first kappa shape index (κ1) is 19.2. The molecule has 0 bridgehead atoms. The standard InChI is InChI=1S/C24H25N3O2/c1-3-27-15-18-12-17(19-7-5-4-6-16(19)2)8-9-20(18)23(27)14-26-22-13-25-11-10-21(22)24(28)29/h4-13,23,26H,3,14-15H2,1-2H3,(H,28,29)/t23-/m1/s1. The summed E-state index contributed by atoms with van der Waals surface area (Å²) in [5.74, 6) is -0.947. The Morgan fingerprint density at radius 3 is 2.83 bits per heavy atom. The van der Waals surface area contributed by atoms with Gasteiger partial charge in [-0.2, -0.15) is 0 Å². The summed E-state index contributed by atoms with van der Waals surface area (Å²) in [4.78, 5) is 17.9. The van der Waals surface area contributed by atoms with E-state index in [1.165, 1.54) is 40.1 Å². The predicted octanol–water partition coefficient (Wildman–Crippen LogP) is 4.74. The second-order valence-electron chi connectivity index (χ2n) is 7.41. The molecule has 0 aliphatic carbocycles. The Kier molecular flexibility index (Phi) is 5.32. The monoisotopic (exact) mass is 387 g/mol. The fourth-order valence-electron chi connectivity index (χ4n) is 4.16. The van der Waals surface area contributed by atoms with Crippen LogP contribution in [0.5, 0.6) is 0 Å².